The summed E-state index contributed by atoms with van der Waals surface area (Å²) in [6.45, 7) is 20.5. The Labute approximate surface area is 297 Å². The predicted octanol–water partition coefficient (Wildman–Crippen LogP) is 12.6. The molecule has 5 rings (SSSR count). The third kappa shape index (κ3) is 9.17. The summed E-state index contributed by atoms with van der Waals surface area (Å²) in [6, 6.07) is 31.9. The second-order valence-electron chi connectivity index (χ2n) is 13.2. The Hall–Kier alpha value is -2.91. The van der Waals surface area contributed by atoms with Crippen molar-refractivity contribution in [2.24, 2.45) is 0 Å². The number of benzene rings is 4. The molecule has 0 unspecified atom stereocenters. The second kappa shape index (κ2) is 17.0. The van der Waals surface area contributed by atoms with Crippen molar-refractivity contribution in [3.05, 3.63) is 138 Å². The molecule has 6 heteroatoms. The fraction of sp³-hybridized carbons (Fsp3) is 0.317. The Balaban J connectivity index is 0.000000238. The average molecular weight is 757 g/mol. The Morgan fingerprint density at radius 2 is 0.979 bits per heavy atom. The Bertz CT molecular complexity index is 1550. The molecule has 0 bridgehead atoms. The first kappa shape index (κ1) is 36.9. The SMILES string of the molecule is CC(C)c1cccc(C(C)C)c1N1C=CN(c2c(C(C)C)cccc2C(C)C)[CH-]1.CN(c1ccccc1)c1ccccc1[CH]=[Ru]([Cl])[Cl]. The summed E-state index contributed by atoms with van der Waals surface area (Å²) in [5, 5.41) is 0. The van der Waals surface area contributed by atoms with Gasteiger partial charge in [-0.15, -0.1) is 6.67 Å². The van der Waals surface area contributed by atoms with Crippen molar-refractivity contribution >= 4 is 46.7 Å². The van der Waals surface area contributed by atoms with Gasteiger partial charge in [0.25, 0.3) is 0 Å². The van der Waals surface area contributed by atoms with E-state index in [4.69, 9.17) is 19.4 Å². The van der Waals surface area contributed by atoms with Gasteiger partial charge in [0.15, 0.2) is 0 Å². The van der Waals surface area contributed by atoms with Crippen LogP contribution in [-0.2, 0) is 13.5 Å². The van der Waals surface area contributed by atoms with Gasteiger partial charge in [-0.25, -0.2) is 0 Å². The topological polar surface area (TPSA) is 9.72 Å². The van der Waals surface area contributed by atoms with E-state index in [1.807, 2.05) is 48.1 Å². The van der Waals surface area contributed by atoms with Crippen molar-refractivity contribution < 1.29 is 13.5 Å². The molecule has 0 spiro atoms. The standard InChI is InChI=1S/C27H37N2.C14H13N.2ClH.Ru/c1-18(2)22-11-9-12-23(19(3)4)26(22)28-15-16-29(17-28)27-24(20(5)6)13-10-14-25(27)21(7)8;1-12-8-6-7-11-14(12)15(2)13-9-4-3-5-10-13;;;/h9-21H,1-8H3;1,3-11H,2H3;2*1H;/q-1;;;;+2/p-2. The van der Waals surface area contributed by atoms with Crippen molar-refractivity contribution in [1.82, 2.24) is 0 Å². The van der Waals surface area contributed by atoms with E-state index in [1.54, 1.807) is 0 Å². The molecule has 1 aliphatic heterocycles. The molecule has 0 atom stereocenters. The summed E-state index contributed by atoms with van der Waals surface area (Å²) in [4.78, 5) is 6.79. The van der Waals surface area contributed by atoms with Crippen LogP contribution in [0, 0.1) is 6.67 Å². The molecule has 1 aliphatic rings. The average Bonchev–Trinajstić information content (AvgIpc) is 3.54. The zero-order chi connectivity index (χ0) is 34.2. The number of hydrogen-bond donors (Lipinski definition) is 0. The summed E-state index contributed by atoms with van der Waals surface area (Å²) in [5.74, 6) is 1.92. The Kier molecular flexibility index (Phi) is 13.3. The molecule has 0 saturated carbocycles. The number of halogens is 2. The third-order valence-electron chi connectivity index (χ3n) is 8.47. The van der Waals surface area contributed by atoms with Gasteiger partial charge in [0.1, 0.15) is 0 Å². The van der Waals surface area contributed by atoms with E-state index in [-0.39, 0.29) is 0 Å². The van der Waals surface area contributed by atoms with Crippen LogP contribution in [0.3, 0.4) is 0 Å². The monoisotopic (exact) mass is 756 g/mol. The number of anilines is 4. The molecule has 1 heterocycles. The van der Waals surface area contributed by atoms with E-state index < -0.39 is 13.5 Å². The summed E-state index contributed by atoms with van der Waals surface area (Å²) < 4.78 is 1.97. The first-order valence-electron chi connectivity index (χ1n) is 16.5. The van der Waals surface area contributed by atoms with Crippen molar-refractivity contribution in [1.29, 1.82) is 0 Å². The van der Waals surface area contributed by atoms with Gasteiger partial charge >= 0.3 is 121 Å². The number of nitrogens with zero attached hydrogens (tertiary/aromatic N) is 3. The van der Waals surface area contributed by atoms with Gasteiger partial charge in [-0.1, -0.05) is 91.8 Å². The van der Waals surface area contributed by atoms with E-state index in [2.05, 4.69) is 144 Å². The third-order valence-corrected chi connectivity index (χ3v) is 10.3. The fourth-order valence-corrected chi connectivity index (χ4v) is 7.81. The quantitative estimate of drug-likeness (QED) is 0.124. The van der Waals surface area contributed by atoms with Gasteiger partial charge in [-0.3, -0.25) is 0 Å². The maximum absolute atomic E-state index is 5.97. The molecule has 0 fully saturated rings. The van der Waals surface area contributed by atoms with E-state index in [9.17, 15) is 0 Å². The zero-order valence-corrected chi connectivity index (χ0v) is 32.5. The molecule has 0 aromatic heterocycles. The van der Waals surface area contributed by atoms with Crippen molar-refractivity contribution in [3.63, 3.8) is 0 Å². The molecule has 0 aliphatic carbocycles. The zero-order valence-electron chi connectivity index (χ0n) is 29.2. The van der Waals surface area contributed by atoms with Crippen LogP contribution in [0.4, 0.5) is 22.7 Å². The number of rotatable bonds is 9. The summed E-state index contributed by atoms with van der Waals surface area (Å²) >= 11 is -1.81. The molecule has 252 valence electrons. The molecule has 0 amide bonds. The first-order valence-corrected chi connectivity index (χ1v) is 21.9. The van der Waals surface area contributed by atoms with Crippen LogP contribution < -0.4 is 14.7 Å². The predicted molar refractivity (Wildman–Crippen MR) is 205 cm³/mol. The van der Waals surface area contributed by atoms with Crippen LogP contribution in [0.25, 0.3) is 0 Å². The first-order chi connectivity index (χ1) is 22.4. The Morgan fingerprint density at radius 1 is 0.574 bits per heavy atom. The van der Waals surface area contributed by atoms with Crippen LogP contribution in [0.2, 0.25) is 0 Å². The van der Waals surface area contributed by atoms with Crippen molar-refractivity contribution in [2.45, 2.75) is 79.1 Å². The minimum absolute atomic E-state index is 0.480. The molecule has 4 aromatic rings. The van der Waals surface area contributed by atoms with Crippen LogP contribution in [0.5, 0.6) is 0 Å². The van der Waals surface area contributed by atoms with E-state index >= 15 is 0 Å². The van der Waals surface area contributed by atoms with E-state index in [1.165, 1.54) is 33.6 Å². The Morgan fingerprint density at radius 3 is 1.38 bits per heavy atom. The molecular weight excluding hydrogens is 706 g/mol. The van der Waals surface area contributed by atoms with Gasteiger partial charge in [0, 0.05) is 11.4 Å². The van der Waals surface area contributed by atoms with E-state index in [0.717, 1.165) is 16.9 Å². The fourth-order valence-electron chi connectivity index (χ4n) is 5.99. The van der Waals surface area contributed by atoms with Crippen LogP contribution >= 0.6 is 19.4 Å². The minimum atomic E-state index is -1.81. The van der Waals surface area contributed by atoms with E-state index in [0.29, 0.717) is 23.7 Å². The molecule has 3 nitrogen and oxygen atoms in total. The van der Waals surface area contributed by atoms with Crippen LogP contribution in [-0.4, -0.2) is 11.7 Å². The summed E-state index contributed by atoms with van der Waals surface area (Å²) in [7, 11) is 14.0. The van der Waals surface area contributed by atoms with Gasteiger partial charge in [-0.2, -0.15) is 0 Å². The van der Waals surface area contributed by atoms with Crippen LogP contribution in [0.15, 0.2) is 103 Å². The van der Waals surface area contributed by atoms with Gasteiger partial charge < -0.3 is 9.80 Å². The molecule has 0 saturated heterocycles. The summed E-state index contributed by atoms with van der Waals surface area (Å²) in [5.41, 5.74) is 11.6. The normalized spacial score (nSPS) is 13.0. The molecule has 4 aromatic carbocycles. The number of para-hydroxylation sites is 4. The van der Waals surface area contributed by atoms with Crippen LogP contribution in [0.1, 0.15) is 107 Å². The summed E-state index contributed by atoms with van der Waals surface area (Å²) in [6.07, 6.45) is 4.43. The van der Waals surface area contributed by atoms with Gasteiger partial charge in [0.05, 0.1) is 0 Å². The molecule has 47 heavy (non-hydrogen) atoms. The molecule has 0 N–H and O–H groups in total. The second-order valence-corrected chi connectivity index (χ2v) is 18.9. The molecule has 0 radical (unpaired) electrons. The van der Waals surface area contributed by atoms with Gasteiger partial charge in [0.2, 0.25) is 0 Å². The maximum atomic E-state index is 5.97. The van der Waals surface area contributed by atoms with Crippen molar-refractivity contribution in [2.75, 3.05) is 21.7 Å². The van der Waals surface area contributed by atoms with Gasteiger partial charge in [-0.05, 0) is 58.3 Å². The number of hydrogen-bond acceptors (Lipinski definition) is 3. The van der Waals surface area contributed by atoms with Crippen molar-refractivity contribution in [3.8, 4) is 0 Å². The molecular formula is C41H50Cl2N3Ru-.